The minimum Gasteiger partial charge on any atom is -0.513 e. The second kappa shape index (κ2) is 19.9. The van der Waals surface area contributed by atoms with Gasteiger partial charge in [0.1, 0.15) is 23.0 Å². The van der Waals surface area contributed by atoms with Crippen molar-refractivity contribution < 1.29 is 37.2 Å². The fraction of sp³-hybridized carbons (Fsp3) is 0.400. The Morgan fingerprint density at radius 3 is 1.64 bits per heavy atom. The predicted octanol–water partition coefficient (Wildman–Crippen LogP) is 6.77. The second-order valence-electron chi connectivity index (χ2n) is 9.85. The largest absolute Gasteiger partial charge is 2.00 e. The van der Waals surface area contributed by atoms with Gasteiger partial charge in [-0.3, -0.25) is 29.0 Å². The molecular formula is C30H36CoN10O6. The SMILES string of the molecule is CCCCn1c(O)c(N=NC(=[N-])/C=C(/C)O)c(C)c(C#N)c1=O.[C-]#[N+]c1c(C)c(N=NC(=[N-])/C=C(/C)O)c(O)n(CCCC)c1=O.[Co+2]. The fourth-order valence-corrected chi connectivity index (χ4v) is 3.78. The first kappa shape index (κ1) is 41.6. The zero-order valence-electron chi connectivity index (χ0n) is 26.8. The number of allylic oxidation sites excluding steroid dienone is 2. The normalized spacial score (nSPS) is 11.4. The molecule has 2 heterocycles. The maximum atomic E-state index is 12.2. The third-order valence-corrected chi connectivity index (χ3v) is 6.16. The summed E-state index contributed by atoms with van der Waals surface area (Å²) in [7, 11) is 0. The van der Waals surface area contributed by atoms with Crippen LogP contribution in [0, 0.1) is 31.8 Å². The second-order valence-corrected chi connectivity index (χ2v) is 9.85. The van der Waals surface area contributed by atoms with Crippen molar-refractivity contribution in [1.29, 1.82) is 5.26 Å². The van der Waals surface area contributed by atoms with Crippen LogP contribution in [0.2, 0.25) is 0 Å². The Balaban J connectivity index is 0.000000882. The van der Waals surface area contributed by atoms with E-state index in [0.29, 0.717) is 12.8 Å². The monoisotopic (exact) mass is 691 g/mol. The number of nitrogens with zero attached hydrogens (tertiary/aromatic N) is 10. The molecule has 47 heavy (non-hydrogen) atoms. The fourth-order valence-electron chi connectivity index (χ4n) is 3.78. The summed E-state index contributed by atoms with van der Waals surface area (Å²) in [6, 6.07) is 1.80. The molecule has 0 fully saturated rings. The van der Waals surface area contributed by atoms with Crippen molar-refractivity contribution in [2.24, 2.45) is 20.5 Å². The van der Waals surface area contributed by atoms with Gasteiger partial charge in [-0.2, -0.15) is 5.26 Å². The van der Waals surface area contributed by atoms with Gasteiger partial charge in [0.15, 0.2) is 0 Å². The van der Waals surface area contributed by atoms with Gasteiger partial charge < -0.3 is 41.5 Å². The number of pyridine rings is 2. The zero-order chi connectivity index (χ0) is 35.1. The Morgan fingerprint density at radius 2 is 1.28 bits per heavy atom. The van der Waals surface area contributed by atoms with E-state index in [1.807, 2.05) is 13.8 Å². The molecule has 0 spiro atoms. The molecule has 0 atom stereocenters. The van der Waals surface area contributed by atoms with Crippen LogP contribution < -0.4 is 11.1 Å². The zero-order valence-corrected chi connectivity index (χ0v) is 27.8. The number of amidine groups is 2. The molecule has 2 rings (SSSR count). The van der Waals surface area contributed by atoms with Crippen molar-refractivity contribution in [3.05, 3.63) is 83.3 Å². The molecule has 0 aliphatic carbocycles. The molecule has 17 heteroatoms. The average Bonchev–Trinajstić information content (AvgIpc) is 2.97. The first-order valence-electron chi connectivity index (χ1n) is 14.1. The van der Waals surface area contributed by atoms with Crippen LogP contribution in [0.15, 0.2) is 53.7 Å². The van der Waals surface area contributed by atoms with Gasteiger partial charge >= 0.3 is 16.8 Å². The molecule has 0 saturated carbocycles. The summed E-state index contributed by atoms with van der Waals surface area (Å²) >= 11 is 0. The molecule has 251 valence electrons. The number of nitriles is 1. The Hall–Kier alpha value is -5.39. The van der Waals surface area contributed by atoms with Gasteiger partial charge in [0, 0.05) is 18.7 Å². The molecule has 0 unspecified atom stereocenters. The van der Waals surface area contributed by atoms with Crippen molar-refractivity contribution in [3.63, 3.8) is 0 Å². The number of rotatable bonds is 10. The predicted molar refractivity (Wildman–Crippen MR) is 174 cm³/mol. The topological polar surface area (TPSA) is 247 Å². The number of unbranched alkanes of at least 4 members (excludes halogenated alkanes) is 2. The summed E-state index contributed by atoms with van der Waals surface area (Å²) < 4.78 is 2.13. The van der Waals surface area contributed by atoms with Crippen LogP contribution in [0.3, 0.4) is 0 Å². The summed E-state index contributed by atoms with van der Waals surface area (Å²) in [4.78, 5) is 27.6. The summed E-state index contributed by atoms with van der Waals surface area (Å²) in [5.74, 6) is -2.31. The molecule has 2 aromatic rings. The van der Waals surface area contributed by atoms with E-state index < -0.39 is 34.5 Å². The molecular weight excluding hydrogens is 655 g/mol. The van der Waals surface area contributed by atoms with Crippen LogP contribution in [-0.2, 0) is 29.9 Å². The Morgan fingerprint density at radius 1 is 0.872 bits per heavy atom. The van der Waals surface area contributed by atoms with Crippen LogP contribution in [0.25, 0.3) is 15.7 Å². The molecule has 4 N–H and O–H groups in total. The molecule has 2 aromatic heterocycles. The summed E-state index contributed by atoms with van der Waals surface area (Å²) in [5.41, 5.74) is -1.26. The van der Waals surface area contributed by atoms with Crippen LogP contribution in [-0.4, -0.2) is 41.2 Å². The minimum absolute atomic E-state index is 0. The van der Waals surface area contributed by atoms with Crippen molar-refractivity contribution >= 4 is 28.7 Å². The molecule has 0 aromatic carbocycles. The quantitative estimate of drug-likeness (QED) is 0.0683. The number of aliphatic hydroxyl groups excluding tert-OH is 2. The number of azo groups is 2. The summed E-state index contributed by atoms with van der Waals surface area (Å²) in [6.45, 7) is 17.1. The van der Waals surface area contributed by atoms with Crippen molar-refractivity contribution in [2.75, 3.05) is 0 Å². The molecule has 0 saturated heterocycles. The van der Waals surface area contributed by atoms with Crippen molar-refractivity contribution in [1.82, 2.24) is 9.13 Å². The molecule has 16 nitrogen and oxygen atoms in total. The third-order valence-electron chi connectivity index (χ3n) is 6.16. The smallest absolute Gasteiger partial charge is 0.513 e. The third kappa shape index (κ3) is 11.5. The minimum atomic E-state index is -0.589. The van der Waals surface area contributed by atoms with Gasteiger partial charge in [0.2, 0.25) is 11.8 Å². The van der Waals surface area contributed by atoms with Crippen molar-refractivity contribution in [3.8, 4) is 17.8 Å². The standard InChI is InChI=1S/2C15H18N5O3.Co/c1-5-6-7-20-14(22)12(17-4)10(3)13(15(20)23)19-18-11(16)8-9(2)21;1-4-5-6-20-14(22)11(8-16)10(3)13(15(20)23)19-18-12(17)7-9(2)21;/h8,21,23H,5-7H2,1-3H3;7,21,23H,4-6H2,1-3H3;/q2*-1;+2/b9-8-,19-18?;9-7-,19-18?;. The van der Waals surface area contributed by atoms with Crippen LogP contribution in [0.5, 0.6) is 11.8 Å². The van der Waals surface area contributed by atoms with Gasteiger partial charge in [-0.25, -0.2) is 4.85 Å². The van der Waals surface area contributed by atoms with Gasteiger partial charge in [-0.15, -0.1) is 0 Å². The van der Waals surface area contributed by atoms with E-state index >= 15 is 0 Å². The summed E-state index contributed by atoms with van der Waals surface area (Å²) in [6.07, 6.45) is 4.83. The van der Waals surface area contributed by atoms with E-state index in [1.165, 1.54) is 27.7 Å². The van der Waals surface area contributed by atoms with Gasteiger partial charge in [-0.05, 0) is 69.9 Å². The van der Waals surface area contributed by atoms with E-state index in [0.717, 1.165) is 34.1 Å². The van der Waals surface area contributed by atoms with Crippen LogP contribution >= 0.6 is 0 Å². The molecule has 0 aliphatic rings. The Bertz CT molecular complexity index is 1670. The number of aliphatic hydroxyl groups is 2. The van der Waals surface area contributed by atoms with E-state index in [4.69, 9.17) is 22.0 Å². The maximum absolute atomic E-state index is 12.2. The van der Waals surface area contributed by atoms with E-state index in [9.17, 15) is 30.6 Å². The van der Waals surface area contributed by atoms with Gasteiger partial charge in [-0.1, -0.05) is 26.7 Å². The number of aromatic nitrogens is 2. The van der Waals surface area contributed by atoms with Crippen LogP contribution in [0.4, 0.5) is 17.1 Å². The summed E-state index contributed by atoms with van der Waals surface area (Å²) in [5, 5.41) is 80.9. The average molecular weight is 692 g/mol. The van der Waals surface area contributed by atoms with Gasteiger partial charge in [0.05, 0.1) is 18.1 Å². The van der Waals surface area contributed by atoms with E-state index in [2.05, 4.69) is 25.3 Å². The van der Waals surface area contributed by atoms with Crippen molar-refractivity contribution in [2.45, 2.75) is 80.3 Å². The van der Waals surface area contributed by atoms with Gasteiger partial charge in [0.25, 0.3) is 16.8 Å². The number of hydrogen-bond acceptors (Lipinski definition) is 9. The Labute approximate surface area is 281 Å². The maximum Gasteiger partial charge on any atom is 2.00 e. The van der Waals surface area contributed by atoms with Crippen LogP contribution in [0.1, 0.15) is 70.1 Å². The van der Waals surface area contributed by atoms with E-state index in [1.54, 1.807) is 6.07 Å². The molecule has 0 bridgehead atoms. The molecule has 0 aliphatic heterocycles. The Kier molecular flexibility index (Phi) is 17.6. The number of aromatic hydroxyl groups is 2. The molecule has 0 amide bonds. The van der Waals surface area contributed by atoms with E-state index in [-0.39, 0.29) is 75.1 Å². The first-order valence-corrected chi connectivity index (χ1v) is 14.1. The molecule has 1 radical (unpaired) electrons. The number of hydrogen-bond donors (Lipinski definition) is 4. The first-order chi connectivity index (χ1) is 21.7.